The molecule has 0 spiro atoms. The van der Waals surface area contributed by atoms with Crippen molar-refractivity contribution in [2.45, 2.75) is 38.5 Å². The van der Waals surface area contributed by atoms with Crippen molar-refractivity contribution in [1.82, 2.24) is 0 Å². The lowest BCUT2D eigenvalue weighted by molar-refractivity contribution is -0.143. The highest BCUT2D eigenvalue weighted by Crippen LogP contribution is 2.43. The SMILES string of the molecule is O=C(O)C(CC1CCC1)C1CC1. The fourth-order valence-electron chi connectivity index (χ4n) is 2.08. The van der Waals surface area contributed by atoms with Crippen LogP contribution in [0.25, 0.3) is 0 Å². The lowest BCUT2D eigenvalue weighted by Gasteiger charge is -2.27. The topological polar surface area (TPSA) is 37.3 Å². The van der Waals surface area contributed by atoms with Crippen LogP contribution in [0.5, 0.6) is 0 Å². The molecule has 1 N–H and O–H groups in total. The summed E-state index contributed by atoms with van der Waals surface area (Å²) in [5.74, 6) is 0.717. The van der Waals surface area contributed by atoms with Crippen molar-refractivity contribution in [3.05, 3.63) is 0 Å². The zero-order chi connectivity index (χ0) is 8.55. The molecule has 0 aliphatic heterocycles. The molecule has 0 aromatic rings. The van der Waals surface area contributed by atoms with Crippen LogP contribution in [0.1, 0.15) is 38.5 Å². The predicted molar refractivity (Wildman–Crippen MR) is 45.8 cm³/mol. The third-order valence-corrected chi connectivity index (χ3v) is 3.32. The van der Waals surface area contributed by atoms with E-state index in [0.717, 1.165) is 25.2 Å². The fourth-order valence-corrected chi connectivity index (χ4v) is 2.08. The van der Waals surface area contributed by atoms with Gasteiger partial charge in [0.05, 0.1) is 5.92 Å². The molecule has 1 atom stereocenters. The van der Waals surface area contributed by atoms with Crippen LogP contribution in [0, 0.1) is 17.8 Å². The van der Waals surface area contributed by atoms with Crippen molar-refractivity contribution in [1.29, 1.82) is 0 Å². The molecule has 2 aliphatic carbocycles. The fraction of sp³-hybridized carbons (Fsp3) is 0.900. The molecular formula is C10H16O2. The second-order valence-corrected chi connectivity index (χ2v) is 4.31. The van der Waals surface area contributed by atoms with Crippen LogP contribution in [0.4, 0.5) is 0 Å². The molecule has 0 aromatic heterocycles. The highest BCUT2D eigenvalue weighted by Gasteiger charge is 2.38. The largest absolute Gasteiger partial charge is 0.481 e. The van der Waals surface area contributed by atoms with Crippen molar-refractivity contribution in [3.8, 4) is 0 Å². The molecule has 2 aliphatic rings. The number of carboxylic acid groups (broad SMARTS) is 1. The van der Waals surface area contributed by atoms with Gasteiger partial charge in [-0.15, -0.1) is 0 Å². The molecule has 12 heavy (non-hydrogen) atoms. The van der Waals surface area contributed by atoms with E-state index in [1.807, 2.05) is 0 Å². The summed E-state index contributed by atoms with van der Waals surface area (Å²) in [6.45, 7) is 0. The predicted octanol–water partition coefficient (Wildman–Crippen LogP) is 2.29. The van der Waals surface area contributed by atoms with Crippen LogP contribution < -0.4 is 0 Å². The zero-order valence-electron chi connectivity index (χ0n) is 7.33. The smallest absolute Gasteiger partial charge is 0.306 e. The van der Waals surface area contributed by atoms with Gasteiger partial charge < -0.3 is 5.11 Å². The average Bonchev–Trinajstić information content (AvgIpc) is 2.66. The second kappa shape index (κ2) is 3.08. The van der Waals surface area contributed by atoms with Crippen molar-refractivity contribution >= 4 is 5.97 Å². The number of aliphatic carboxylic acids is 1. The van der Waals surface area contributed by atoms with E-state index in [-0.39, 0.29) is 5.92 Å². The first-order chi connectivity index (χ1) is 5.77. The summed E-state index contributed by atoms with van der Waals surface area (Å²) in [5, 5.41) is 8.95. The molecule has 1 unspecified atom stereocenters. The summed E-state index contributed by atoms with van der Waals surface area (Å²) in [6.07, 6.45) is 7.14. The van der Waals surface area contributed by atoms with Crippen LogP contribution >= 0.6 is 0 Å². The van der Waals surface area contributed by atoms with Gasteiger partial charge >= 0.3 is 5.97 Å². The summed E-state index contributed by atoms with van der Waals surface area (Å²) in [6, 6.07) is 0. The van der Waals surface area contributed by atoms with Crippen molar-refractivity contribution in [2.24, 2.45) is 17.8 Å². The summed E-state index contributed by atoms with van der Waals surface area (Å²) in [7, 11) is 0. The Morgan fingerprint density at radius 2 is 2.00 bits per heavy atom. The monoisotopic (exact) mass is 168 g/mol. The van der Waals surface area contributed by atoms with E-state index in [0.29, 0.717) is 5.92 Å². The van der Waals surface area contributed by atoms with Crippen molar-refractivity contribution in [3.63, 3.8) is 0 Å². The second-order valence-electron chi connectivity index (χ2n) is 4.31. The molecular weight excluding hydrogens is 152 g/mol. The average molecular weight is 168 g/mol. The lowest BCUT2D eigenvalue weighted by atomic mass is 9.78. The number of carboxylic acids is 1. The first-order valence-electron chi connectivity index (χ1n) is 5.00. The Hall–Kier alpha value is -0.530. The third kappa shape index (κ3) is 1.62. The van der Waals surface area contributed by atoms with Gasteiger partial charge in [-0.05, 0) is 31.1 Å². The number of carbonyl (C=O) groups is 1. The third-order valence-electron chi connectivity index (χ3n) is 3.32. The minimum atomic E-state index is -0.551. The molecule has 0 radical (unpaired) electrons. The van der Waals surface area contributed by atoms with Gasteiger partial charge in [-0.2, -0.15) is 0 Å². The molecule has 0 amide bonds. The number of rotatable bonds is 4. The van der Waals surface area contributed by atoms with Crippen molar-refractivity contribution < 1.29 is 9.90 Å². The van der Waals surface area contributed by atoms with Gasteiger partial charge in [0.2, 0.25) is 0 Å². The van der Waals surface area contributed by atoms with E-state index in [1.54, 1.807) is 0 Å². The van der Waals surface area contributed by atoms with Crippen molar-refractivity contribution in [2.75, 3.05) is 0 Å². The van der Waals surface area contributed by atoms with Gasteiger partial charge in [0.25, 0.3) is 0 Å². The van der Waals surface area contributed by atoms with Gasteiger partial charge in [-0.1, -0.05) is 19.3 Å². The maximum Gasteiger partial charge on any atom is 0.306 e. The lowest BCUT2D eigenvalue weighted by Crippen LogP contribution is -2.23. The quantitative estimate of drug-likeness (QED) is 0.699. The molecule has 2 fully saturated rings. The summed E-state index contributed by atoms with van der Waals surface area (Å²) in [4.78, 5) is 10.9. The van der Waals surface area contributed by atoms with Crippen LogP contribution in [0.15, 0.2) is 0 Å². The van der Waals surface area contributed by atoms with Crippen LogP contribution in [-0.4, -0.2) is 11.1 Å². The number of hydrogen-bond donors (Lipinski definition) is 1. The summed E-state index contributed by atoms with van der Waals surface area (Å²) in [5.41, 5.74) is 0. The molecule has 2 rings (SSSR count). The van der Waals surface area contributed by atoms with Gasteiger partial charge in [0.15, 0.2) is 0 Å². The Labute approximate surface area is 73.0 Å². The standard InChI is InChI=1S/C10H16O2/c11-10(12)9(8-4-5-8)6-7-2-1-3-7/h7-9H,1-6H2,(H,11,12). The Bertz CT molecular complexity index is 180. The Balaban J connectivity index is 1.83. The first-order valence-corrected chi connectivity index (χ1v) is 5.00. The Kier molecular flexibility index (Phi) is 2.07. The van der Waals surface area contributed by atoms with Gasteiger partial charge in [-0.3, -0.25) is 4.79 Å². The summed E-state index contributed by atoms with van der Waals surface area (Å²) >= 11 is 0. The maximum atomic E-state index is 10.9. The van der Waals surface area contributed by atoms with E-state index in [2.05, 4.69) is 0 Å². The summed E-state index contributed by atoms with van der Waals surface area (Å²) < 4.78 is 0. The van der Waals surface area contributed by atoms with E-state index in [9.17, 15) is 4.79 Å². The highest BCUT2D eigenvalue weighted by atomic mass is 16.4. The molecule has 0 saturated heterocycles. The normalized spacial score (nSPS) is 26.3. The van der Waals surface area contributed by atoms with Gasteiger partial charge in [0, 0.05) is 0 Å². The van der Waals surface area contributed by atoms with Gasteiger partial charge in [0.1, 0.15) is 0 Å². The molecule has 0 aromatic carbocycles. The highest BCUT2D eigenvalue weighted by molar-refractivity contribution is 5.70. The molecule has 2 heteroatoms. The van der Waals surface area contributed by atoms with Gasteiger partial charge in [-0.25, -0.2) is 0 Å². The van der Waals surface area contributed by atoms with E-state index >= 15 is 0 Å². The number of hydrogen-bond acceptors (Lipinski definition) is 1. The minimum Gasteiger partial charge on any atom is -0.481 e. The maximum absolute atomic E-state index is 10.9. The first kappa shape index (κ1) is 8.09. The van der Waals surface area contributed by atoms with E-state index in [4.69, 9.17) is 5.11 Å². The molecule has 0 bridgehead atoms. The van der Waals surface area contributed by atoms with Crippen LogP contribution in [0.2, 0.25) is 0 Å². The Morgan fingerprint density at radius 3 is 2.33 bits per heavy atom. The molecule has 0 heterocycles. The molecule has 2 nitrogen and oxygen atoms in total. The van der Waals surface area contributed by atoms with E-state index in [1.165, 1.54) is 19.3 Å². The Morgan fingerprint density at radius 1 is 1.33 bits per heavy atom. The van der Waals surface area contributed by atoms with E-state index < -0.39 is 5.97 Å². The minimum absolute atomic E-state index is 0.00435. The zero-order valence-corrected chi connectivity index (χ0v) is 7.33. The molecule has 68 valence electrons. The van der Waals surface area contributed by atoms with Crippen LogP contribution in [-0.2, 0) is 4.79 Å². The molecule has 2 saturated carbocycles. The van der Waals surface area contributed by atoms with Crippen LogP contribution in [0.3, 0.4) is 0 Å².